The third-order valence-electron chi connectivity index (χ3n) is 3.54. The molecule has 1 aliphatic rings. The fraction of sp³-hybridized carbons (Fsp3) is 0.467. The number of thioether (sulfide) groups is 1. The molecule has 1 fully saturated rings. The molecule has 2 rings (SSSR count). The van der Waals surface area contributed by atoms with Gasteiger partial charge in [-0.05, 0) is 37.1 Å². The third kappa shape index (κ3) is 4.02. The van der Waals surface area contributed by atoms with Crippen LogP contribution in [0.4, 0.5) is 0 Å². The normalized spacial score (nSPS) is 18.3. The van der Waals surface area contributed by atoms with Gasteiger partial charge in [-0.2, -0.15) is 0 Å². The molecule has 1 amide bonds. The highest BCUT2D eigenvalue weighted by molar-refractivity contribution is 9.10. The smallest absolute Gasteiger partial charge is 0.328 e. The van der Waals surface area contributed by atoms with Crippen LogP contribution in [0, 0.1) is 13.8 Å². The largest absolute Gasteiger partial charge is 0.480 e. The monoisotopic (exact) mass is 387 g/mol. The summed E-state index contributed by atoms with van der Waals surface area (Å²) < 4.78 is 6.19. The number of ether oxygens (including phenoxy) is 1. The van der Waals surface area contributed by atoms with E-state index >= 15 is 0 Å². The molecule has 1 unspecified atom stereocenters. The van der Waals surface area contributed by atoms with Gasteiger partial charge in [-0.15, -0.1) is 11.8 Å². The number of carbonyl (C=O) groups is 2. The molecule has 1 heterocycles. The number of amides is 1. The summed E-state index contributed by atoms with van der Waals surface area (Å²) in [5.41, 5.74) is 2.20. The minimum absolute atomic E-state index is 0.0577. The quantitative estimate of drug-likeness (QED) is 0.803. The number of aryl methyl sites for hydroxylation is 2. The zero-order valence-electron chi connectivity index (χ0n) is 12.5. The second kappa shape index (κ2) is 7.48. The van der Waals surface area contributed by atoms with Gasteiger partial charge in [0, 0.05) is 15.9 Å². The topological polar surface area (TPSA) is 66.8 Å². The zero-order valence-corrected chi connectivity index (χ0v) is 14.9. The molecule has 1 saturated heterocycles. The summed E-state index contributed by atoms with van der Waals surface area (Å²) in [6, 6.07) is 3.18. The first-order valence-corrected chi connectivity index (χ1v) is 8.67. The minimum atomic E-state index is -1.02. The number of carboxylic acid groups (broad SMARTS) is 1. The number of aliphatic carboxylic acids is 1. The lowest BCUT2D eigenvalue weighted by Crippen LogP contribution is -2.53. The molecule has 0 bridgehead atoms. The summed E-state index contributed by atoms with van der Waals surface area (Å²) in [6.45, 7) is 4.76. The van der Waals surface area contributed by atoms with Crippen LogP contribution in [0.3, 0.4) is 0 Å². The van der Waals surface area contributed by atoms with Gasteiger partial charge >= 0.3 is 5.97 Å². The molecule has 120 valence electrons. The molecular weight excluding hydrogens is 370 g/mol. The van der Waals surface area contributed by atoms with Gasteiger partial charge in [-0.25, -0.2) is 4.79 Å². The second-order valence-corrected chi connectivity index (χ2v) is 7.04. The molecule has 1 N–H and O–H groups in total. The fourth-order valence-corrected chi connectivity index (χ4v) is 3.69. The SMILES string of the molecule is Cc1cc(SCC(=O)N2CCOCC2C(=O)O)c(C)cc1Br. The van der Waals surface area contributed by atoms with E-state index in [0.29, 0.717) is 13.2 Å². The molecule has 0 aliphatic carbocycles. The maximum absolute atomic E-state index is 12.3. The van der Waals surface area contributed by atoms with Gasteiger partial charge in [-0.3, -0.25) is 4.79 Å². The lowest BCUT2D eigenvalue weighted by molar-refractivity contribution is -0.157. The van der Waals surface area contributed by atoms with Gasteiger partial charge in [0.2, 0.25) is 5.91 Å². The average Bonchev–Trinajstić information content (AvgIpc) is 2.49. The number of hydrogen-bond donors (Lipinski definition) is 1. The van der Waals surface area contributed by atoms with Gasteiger partial charge in [-0.1, -0.05) is 15.9 Å². The number of morpholine rings is 1. The Labute approximate surface area is 142 Å². The van der Waals surface area contributed by atoms with E-state index in [1.165, 1.54) is 16.7 Å². The van der Waals surface area contributed by atoms with Crippen molar-refractivity contribution in [1.82, 2.24) is 4.90 Å². The minimum Gasteiger partial charge on any atom is -0.480 e. The molecule has 0 spiro atoms. The summed E-state index contributed by atoms with van der Waals surface area (Å²) in [5.74, 6) is -0.958. The Bertz CT molecular complexity index is 593. The molecule has 0 radical (unpaired) electrons. The van der Waals surface area contributed by atoms with Crippen molar-refractivity contribution in [1.29, 1.82) is 0 Å². The molecule has 1 aromatic rings. The number of benzene rings is 1. The zero-order chi connectivity index (χ0) is 16.3. The predicted octanol–water partition coefficient (Wildman–Crippen LogP) is 2.47. The third-order valence-corrected chi connectivity index (χ3v) is 5.54. The Balaban J connectivity index is 2.03. The maximum Gasteiger partial charge on any atom is 0.328 e. The average molecular weight is 388 g/mol. The van der Waals surface area contributed by atoms with E-state index in [4.69, 9.17) is 9.84 Å². The van der Waals surface area contributed by atoms with Crippen LogP contribution in [0.15, 0.2) is 21.5 Å². The van der Waals surface area contributed by atoms with Crippen LogP contribution in [0.5, 0.6) is 0 Å². The molecular formula is C15H18BrNO4S. The van der Waals surface area contributed by atoms with E-state index < -0.39 is 12.0 Å². The van der Waals surface area contributed by atoms with Crippen LogP contribution in [-0.4, -0.2) is 53.4 Å². The van der Waals surface area contributed by atoms with Crippen molar-refractivity contribution in [2.24, 2.45) is 0 Å². The van der Waals surface area contributed by atoms with E-state index in [2.05, 4.69) is 15.9 Å². The van der Waals surface area contributed by atoms with Crippen LogP contribution in [0.2, 0.25) is 0 Å². The van der Waals surface area contributed by atoms with Gasteiger partial charge in [0.25, 0.3) is 0 Å². The van der Waals surface area contributed by atoms with E-state index in [9.17, 15) is 9.59 Å². The number of carboxylic acids is 1. The lowest BCUT2D eigenvalue weighted by atomic mass is 10.2. The lowest BCUT2D eigenvalue weighted by Gasteiger charge is -2.32. The van der Waals surface area contributed by atoms with Crippen molar-refractivity contribution in [2.75, 3.05) is 25.5 Å². The molecule has 1 aromatic carbocycles. The number of hydrogen-bond acceptors (Lipinski definition) is 4. The van der Waals surface area contributed by atoms with Crippen LogP contribution in [-0.2, 0) is 14.3 Å². The Kier molecular flexibility index (Phi) is 5.88. The Hall–Kier alpha value is -1.05. The Morgan fingerprint density at radius 2 is 2.14 bits per heavy atom. The van der Waals surface area contributed by atoms with Crippen molar-refractivity contribution in [3.05, 3.63) is 27.7 Å². The van der Waals surface area contributed by atoms with Gasteiger partial charge in [0.15, 0.2) is 6.04 Å². The molecule has 0 saturated carbocycles. The predicted molar refractivity (Wildman–Crippen MR) is 88.3 cm³/mol. The highest BCUT2D eigenvalue weighted by Crippen LogP contribution is 2.28. The molecule has 0 aromatic heterocycles. The molecule has 1 aliphatic heterocycles. The number of halogens is 1. The number of carbonyl (C=O) groups excluding carboxylic acids is 1. The first kappa shape index (κ1) is 17.3. The Morgan fingerprint density at radius 1 is 1.41 bits per heavy atom. The van der Waals surface area contributed by atoms with Crippen molar-refractivity contribution in [3.8, 4) is 0 Å². The van der Waals surface area contributed by atoms with E-state index in [-0.39, 0.29) is 18.3 Å². The summed E-state index contributed by atoms with van der Waals surface area (Å²) in [5, 5.41) is 9.17. The summed E-state index contributed by atoms with van der Waals surface area (Å²) in [7, 11) is 0. The van der Waals surface area contributed by atoms with Crippen LogP contribution in [0.1, 0.15) is 11.1 Å². The van der Waals surface area contributed by atoms with Gasteiger partial charge in [0.05, 0.1) is 19.0 Å². The number of rotatable bonds is 4. The van der Waals surface area contributed by atoms with Crippen molar-refractivity contribution in [2.45, 2.75) is 24.8 Å². The van der Waals surface area contributed by atoms with Crippen LogP contribution < -0.4 is 0 Å². The molecule has 7 heteroatoms. The van der Waals surface area contributed by atoms with Crippen molar-refractivity contribution >= 4 is 39.6 Å². The highest BCUT2D eigenvalue weighted by atomic mass is 79.9. The fourth-order valence-electron chi connectivity index (χ4n) is 2.24. The number of nitrogens with zero attached hydrogens (tertiary/aromatic N) is 1. The molecule has 1 atom stereocenters. The van der Waals surface area contributed by atoms with Crippen molar-refractivity contribution in [3.63, 3.8) is 0 Å². The highest BCUT2D eigenvalue weighted by Gasteiger charge is 2.32. The maximum atomic E-state index is 12.3. The van der Waals surface area contributed by atoms with E-state index in [0.717, 1.165) is 20.5 Å². The second-order valence-electron chi connectivity index (χ2n) is 5.17. The standard InChI is InChI=1S/C15H18BrNO4S/c1-9-6-13(10(2)5-11(9)16)22-8-14(18)17-3-4-21-7-12(17)15(19)20/h5-6,12H,3-4,7-8H2,1-2H3,(H,19,20). The Morgan fingerprint density at radius 3 is 2.82 bits per heavy atom. The first-order chi connectivity index (χ1) is 10.4. The summed E-state index contributed by atoms with van der Waals surface area (Å²) in [4.78, 5) is 26.0. The first-order valence-electron chi connectivity index (χ1n) is 6.89. The van der Waals surface area contributed by atoms with Crippen LogP contribution in [0.25, 0.3) is 0 Å². The van der Waals surface area contributed by atoms with Crippen LogP contribution >= 0.6 is 27.7 Å². The summed E-state index contributed by atoms with van der Waals surface area (Å²) >= 11 is 4.92. The van der Waals surface area contributed by atoms with E-state index in [1.54, 1.807) is 0 Å². The summed E-state index contributed by atoms with van der Waals surface area (Å²) in [6.07, 6.45) is 0. The van der Waals surface area contributed by atoms with Gasteiger partial charge in [0.1, 0.15) is 0 Å². The molecule has 5 nitrogen and oxygen atoms in total. The molecule has 22 heavy (non-hydrogen) atoms. The van der Waals surface area contributed by atoms with Gasteiger partial charge < -0.3 is 14.7 Å². The van der Waals surface area contributed by atoms with Crippen molar-refractivity contribution < 1.29 is 19.4 Å². The van der Waals surface area contributed by atoms with E-state index in [1.807, 2.05) is 26.0 Å².